The Balaban J connectivity index is 1.41. The number of aryl methyl sites for hydroxylation is 1. The van der Waals surface area contributed by atoms with Crippen LogP contribution in [0.15, 0.2) is 60.7 Å². The summed E-state index contributed by atoms with van der Waals surface area (Å²) in [5.74, 6) is 0.283. The molecule has 1 N–H and O–H groups in total. The quantitative estimate of drug-likeness (QED) is 0.344. The minimum atomic E-state index is -2.47. The number of hydrogen-bond donors (Lipinski definition) is 1. The molecule has 4 rings (SSSR count). The van der Waals surface area contributed by atoms with Crippen LogP contribution in [0.3, 0.4) is 0 Å². The van der Waals surface area contributed by atoms with E-state index in [9.17, 15) is 14.4 Å². The second-order valence-electron chi connectivity index (χ2n) is 11.7. The molecule has 0 aromatic heterocycles. The minimum Gasteiger partial charge on any atom is -0.460 e. The number of nitrogens with zero attached hydrogens (tertiary/aromatic N) is 1. The van der Waals surface area contributed by atoms with Crippen LogP contribution in [0.2, 0.25) is 13.1 Å². The fourth-order valence-corrected chi connectivity index (χ4v) is 6.06. The van der Waals surface area contributed by atoms with Crippen molar-refractivity contribution in [1.29, 1.82) is 0 Å². The Hall–Kier alpha value is -2.96. The molecule has 0 spiro atoms. The first kappa shape index (κ1) is 27.1. The van der Waals surface area contributed by atoms with Gasteiger partial charge in [0.05, 0.1) is 0 Å². The summed E-state index contributed by atoms with van der Waals surface area (Å²) in [7, 11) is -2.47. The van der Waals surface area contributed by atoms with Crippen molar-refractivity contribution in [3.8, 4) is 0 Å². The van der Waals surface area contributed by atoms with E-state index in [1.54, 1.807) is 0 Å². The van der Waals surface area contributed by atoms with Crippen molar-refractivity contribution in [2.45, 2.75) is 71.1 Å². The van der Waals surface area contributed by atoms with Crippen LogP contribution < -0.4 is 5.19 Å². The average molecular weight is 518 g/mol. The number of amides is 1. The molecule has 5 nitrogen and oxygen atoms in total. The van der Waals surface area contributed by atoms with Crippen molar-refractivity contribution >= 4 is 36.2 Å². The second-order valence-corrected chi connectivity index (χ2v) is 15.4. The van der Waals surface area contributed by atoms with Crippen LogP contribution in [0.4, 0.5) is 0 Å². The van der Waals surface area contributed by atoms with Crippen molar-refractivity contribution in [2.24, 2.45) is 0 Å². The Labute approximate surface area is 221 Å². The lowest BCUT2D eigenvalue weighted by molar-refractivity contribution is -0.154. The Morgan fingerprint density at radius 2 is 1.70 bits per heavy atom. The van der Waals surface area contributed by atoms with Gasteiger partial charge in [-0.3, -0.25) is 9.59 Å². The summed E-state index contributed by atoms with van der Waals surface area (Å²) in [6.07, 6.45) is 2.86. The zero-order valence-corrected chi connectivity index (χ0v) is 23.7. The molecule has 1 amide bonds. The third-order valence-electron chi connectivity index (χ3n) is 7.06. The molecule has 1 aliphatic heterocycles. The predicted octanol–water partition coefficient (Wildman–Crippen LogP) is 5.54. The van der Waals surface area contributed by atoms with Crippen molar-refractivity contribution < 1.29 is 19.1 Å². The van der Waals surface area contributed by atoms with Gasteiger partial charge in [-0.2, -0.15) is 0 Å². The van der Waals surface area contributed by atoms with Crippen molar-refractivity contribution in [3.63, 3.8) is 0 Å². The van der Waals surface area contributed by atoms with E-state index in [1.807, 2.05) is 75.2 Å². The van der Waals surface area contributed by atoms with E-state index in [4.69, 9.17) is 4.74 Å². The lowest BCUT2D eigenvalue weighted by Crippen LogP contribution is -2.41. The first-order valence-electron chi connectivity index (χ1n) is 13.3. The largest absolute Gasteiger partial charge is 0.460 e. The summed E-state index contributed by atoms with van der Waals surface area (Å²) in [6.45, 7) is 10.9. The Kier molecular flexibility index (Phi) is 7.90. The fraction of sp³-hybridized carbons (Fsp3) is 0.419. The number of likely N-dealkylation sites (tertiary alicyclic amines) is 1. The highest BCUT2D eigenvalue weighted by Crippen LogP contribution is 2.30. The van der Waals surface area contributed by atoms with Crippen LogP contribution in [0.25, 0.3) is 10.8 Å². The summed E-state index contributed by atoms with van der Waals surface area (Å²) in [5, 5.41) is 2.87. The molecule has 196 valence electrons. The molecule has 0 atom stereocenters. The Bertz CT molecular complexity index is 1280. The summed E-state index contributed by atoms with van der Waals surface area (Å²) < 4.78 is 5.44. The number of benzene rings is 3. The van der Waals surface area contributed by atoms with Crippen LogP contribution in [-0.2, 0) is 16.0 Å². The molecule has 0 saturated carbocycles. The zero-order chi connectivity index (χ0) is 26.8. The molecule has 0 unspecified atom stereocenters. The number of fused-ring (bicyclic) bond motifs is 1. The predicted molar refractivity (Wildman–Crippen MR) is 152 cm³/mol. The van der Waals surface area contributed by atoms with Gasteiger partial charge in [-0.25, -0.2) is 0 Å². The highest BCUT2D eigenvalue weighted by molar-refractivity contribution is 6.83. The summed E-state index contributed by atoms with van der Waals surface area (Å²) in [5.41, 5.74) is 2.67. The van der Waals surface area contributed by atoms with Crippen LogP contribution in [0.1, 0.15) is 67.4 Å². The first-order chi connectivity index (χ1) is 17.4. The molecule has 0 radical (unpaired) electrons. The summed E-state index contributed by atoms with van der Waals surface area (Å²) in [4.78, 5) is 38.2. The molecule has 37 heavy (non-hydrogen) atoms. The lowest BCUT2D eigenvalue weighted by Gasteiger charge is -2.33. The van der Waals surface area contributed by atoms with Crippen LogP contribution in [0.5, 0.6) is 0 Å². The maximum absolute atomic E-state index is 13.6. The lowest BCUT2D eigenvalue weighted by atomic mass is 9.88. The number of carbonyl (C=O) groups excluding carboxylic acids is 2. The minimum absolute atomic E-state index is 0.0599. The Morgan fingerprint density at radius 1 is 1.00 bits per heavy atom. The normalized spacial score (nSPS) is 15.1. The number of esters is 1. The van der Waals surface area contributed by atoms with Crippen molar-refractivity contribution in [2.75, 3.05) is 13.1 Å². The highest BCUT2D eigenvalue weighted by Gasteiger charge is 2.27. The second kappa shape index (κ2) is 10.8. The molecule has 3 aromatic rings. The average Bonchev–Trinajstić information content (AvgIpc) is 2.85. The number of piperidine rings is 1. The highest BCUT2D eigenvalue weighted by atomic mass is 28.4. The van der Waals surface area contributed by atoms with E-state index in [2.05, 4.69) is 24.3 Å². The van der Waals surface area contributed by atoms with Gasteiger partial charge in [-0.1, -0.05) is 54.6 Å². The van der Waals surface area contributed by atoms with Gasteiger partial charge in [0, 0.05) is 25.1 Å². The van der Waals surface area contributed by atoms with Crippen molar-refractivity contribution in [3.05, 3.63) is 77.4 Å². The number of rotatable bonds is 6. The van der Waals surface area contributed by atoms with E-state index < -0.39 is 13.9 Å². The molecule has 1 aliphatic rings. The molecule has 3 aromatic carbocycles. The van der Waals surface area contributed by atoms with E-state index in [1.165, 1.54) is 5.56 Å². The van der Waals surface area contributed by atoms with Gasteiger partial charge < -0.3 is 14.4 Å². The van der Waals surface area contributed by atoms with Gasteiger partial charge in [0.15, 0.2) is 0 Å². The molecule has 1 saturated heterocycles. The van der Waals surface area contributed by atoms with Gasteiger partial charge in [0.25, 0.3) is 5.91 Å². The zero-order valence-electron chi connectivity index (χ0n) is 22.7. The van der Waals surface area contributed by atoms with Crippen LogP contribution in [0, 0.1) is 0 Å². The summed E-state index contributed by atoms with van der Waals surface area (Å²) >= 11 is 0. The van der Waals surface area contributed by atoms with Gasteiger partial charge in [-0.05, 0) is 92.2 Å². The Morgan fingerprint density at radius 3 is 2.38 bits per heavy atom. The van der Waals surface area contributed by atoms with Gasteiger partial charge >= 0.3 is 5.97 Å². The number of carbonyl (C=O) groups is 2. The fourth-order valence-electron chi connectivity index (χ4n) is 5.07. The molecular weight excluding hydrogens is 478 g/mol. The molecule has 1 heterocycles. The van der Waals surface area contributed by atoms with E-state index in [0.717, 1.165) is 34.4 Å². The van der Waals surface area contributed by atoms with E-state index in [-0.39, 0.29) is 11.9 Å². The van der Waals surface area contributed by atoms with E-state index >= 15 is 0 Å². The maximum atomic E-state index is 13.6. The van der Waals surface area contributed by atoms with Gasteiger partial charge in [0.2, 0.25) is 8.32 Å². The summed E-state index contributed by atoms with van der Waals surface area (Å²) in [6, 6.07) is 20.4. The molecule has 6 heteroatoms. The number of hydrogen-bond acceptors (Lipinski definition) is 4. The third-order valence-corrected chi connectivity index (χ3v) is 8.79. The third kappa shape index (κ3) is 6.87. The van der Waals surface area contributed by atoms with Crippen LogP contribution in [-0.4, -0.2) is 48.6 Å². The molecule has 0 bridgehead atoms. The first-order valence-corrected chi connectivity index (χ1v) is 16.2. The van der Waals surface area contributed by atoms with Crippen molar-refractivity contribution in [1.82, 2.24) is 4.90 Å². The number of ether oxygens (including phenoxy) is 1. The molecule has 0 aliphatic carbocycles. The SMILES string of the molecule is CC(C)(C)OC(=O)CCc1cccc(C2CCN(C(=O)c3cccc4ccc([Si](C)(C)O)cc34)CC2)c1. The van der Waals surface area contributed by atoms with Crippen LogP contribution >= 0.6 is 0 Å². The standard InChI is InChI=1S/C31H39NO4Si/c1-31(2,3)36-29(33)15-12-22-8-6-10-25(20-22)23-16-18-32(19-17-23)30(34)27-11-7-9-24-13-14-26(21-28(24)27)37(4,5)35/h6-11,13-14,20-21,23,35H,12,15-19H2,1-5H3. The van der Waals surface area contributed by atoms with E-state index in [0.29, 0.717) is 37.4 Å². The van der Waals surface area contributed by atoms with Gasteiger partial charge in [0.1, 0.15) is 5.60 Å². The molecule has 1 fully saturated rings. The van der Waals surface area contributed by atoms with Gasteiger partial charge in [-0.15, -0.1) is 0 Å². The maximum Gasteiger partial charge on any atom is 0.306 e. The smallest absolute Gasteiger partial charge is 0.306 e. The topological polar surface area (TPSA) is 66.8 Å². The molecular formula is C31H39NO4Si. The monoisotopic (exact) mass is 517 g/mol.